The number of fused-ring (bicyclic) bond motifs is 5. The molecule has 1 aliphatic carbocycles. The van der Waals surface area contributed by atoms with Gasteiger partial charge >= 0.3 is 0 Å². The number of aromatic hydroxyl groups is 1. The number of hydrogen-bond acceptors (Lipinski definition) is 3. The van der Waals surface area contributed by atoms with Crippen molar-refractivity contribution in [2.75, 3.05) is 14.2 Å². The van der Waals surface area contributed by atoms with Crippen molar-refractivity contribution in [2.24, 2.45) is 0 Å². The largest absolute Gasteiger partial charge is 0.507 e. The first-order chi connectivity index (χ1) is 11.5. The minimum absolute atomic E-state index is 0.217. The second-order valence-corrected chi connectivity index (χ2v) is 6.74. The summed E-state index contributed by atoms with van der Waals surface area (Å²) >= 11 is 0. The second kappa shape index (κ2) is 4.91. The predicted molar refractivity (Wildman–Crippen MR) is 96.3 cm³/mol. The first kappa shape index (κ1) is 14.9. The summed E-state index contributed by atoms with van der Waals surface area (Å²) in [6.07, 6.45) is 0. The molecule has 0 radical (unpaired) electrons. The van der Waals surface area contributed by atoms with Gasteiger partial charge in [0.2, 0.25) is 0 Å². The van der Waals surface area contributed by atoms with Crippen molar-refractivity contribution in [3.63, 3.8) is 0 Å². The zero-order valence-corrected chi connectivity index (χ0v) is 14.3. The number of ether oxygens (including phenoxy) is 2. The van der Waals surface area contributed by atoms with E-state index in [1.807, 2.05) is 30.3 Å². The van der Waals surface area contributed by atoms with Crippen LogP contribution in [0.15, 0.2) is 42.5 Å². The van der Waals surface area contributed by atoms with Crippen molar-refractivity contribution in [2.45, 2.75) is 19.3 Å². The maximum Gasteiger partial charge on any atom is 0.161 e. The average Bonchev–Trinajstić information content (AvgIpc) is 2.81. The van der Waals surface area contributed by atoms with Crippen molar-refractivity contribution >= 4 is 10.8 Å². The number of phenols is 1. The lowest BCUT2D eigenvalue weighted by Gasteiger charge is -2.22. The van der Waals surface area contributed by atoms with Crippen LogP contribution in [0.4, 0.5) is 0 Å². The van der Waals surface area contributed by atoms with Crippen LogP contribution in [0.1, 0.15) is 25.0 Å². The molecule has 3 heteroatoms. The summed E-state index contributed by atoms with van der Waals surface area (Å²) in [5, 5.41) is 12.4. The highest BCUT2D eigenvalue weighted by Crippen LogP contribution is 2.55. The Labute approximate surface area is 141 Å². The molecule has 0 amide bonds. The molecule has 24 heavy (non-hydrogen) atoms. The van der Waals surface area contributed by atoms with Crippen LogP contribution in [-0.2, 0) is 5.41 Å². The minimum atomic E-state index is -0.217. The first-order valence-electron chi connectivity index (χ1n) is 8.01. The Bertz CT molecular complexity index is 970. The maximum atomic E-state index is 10.5. The molecule has 0 aromatic heterocycles. The van der Waals surface area contributed by atoms with Crippen molar-refractivity contribution in [3.8, 4) is 28.4 Å². The predicted octanol–water partition coefficient (Wildman–Crippen LogP) is 4.87. The Morgan fingerprint density at radius 2 is 1.46 bits per heavy atom. The van der Waals surface area contributed by atoms with Crippen LogP contribution in [0.5, 0.6) is 17.2 Å². The lowest BCUT2D eigenvalue weighted by atomic mass is 9.82. The normalized spacial score (nSPS) is 14.3. The summed E-state index contributed by atoms with van der Waals surface area (Å²) in [7, 11) is 3.31. The van der Waals surface area contributed by atoms with Crippen LogP contribution in [0.3, 0.4) is 0 Å². The lowest BCUT2D eigenvalue weighted by molar-refractivity contribution is 0.354. The first-order valence-corrected chi connectivity index (χ1v) is 8.01. The third-order valence-corrected chi connectivity index (χ3v) is 5.16. The van der Waals surface area contributed by atoms with E-state index in [9.17, 15) is 5.11 Å². The van der Waals surface area contributed by atoms with E-state index in [4.69, 9.17) is 9.47 Å². The molecular weight excluding hydrogens is 300 g/mol. The number of phenolic OH excluding ortho intramolecular Hbond substituents is 1. The minimum Gasteiger partial charge on any atom is -0.507 e. The van der Waals surface area contributed by atoms with E-state index >= 15 is 0 Å². The molecule has 0 aliphatic heterocycles. The van der Waals surface area contributed by atoms with Crippen LogP contribution in [0.2, 0.25) is 0 Å². The molecule has 4 rings (SSSR count). The molecule has 122 valence electrons. The van der Waals surface area contributed by atoms with E-state index in [1.165, 1.54) is 11.1 Å². The van der Waals surface area contributed by atoms with Crippen molar-refractivity contribution in [3.05, 3.63) is 53.6 Å². The average molecular weight is 320 g/mol. The molecule has 0 heterocycles. The van der Waals surface area contributed by atoms with Gasteiger partial charge in [0.25, 0.3) is 0 Å². The number of methoxy groups -OCH3 is 2. The van der Waals surface area contributed by atoms with Gasteiger partial charge in [-0.1, -0.05) is 38.1 Å². The van der Waals surface area contributed by atoms with Crippen molar-refractivity contribution in [1.29, 1.82) is 0 Å². The van der Waals surface area contributed by atoms with Crippen LogP contribution in [-0.4, -0.2) is 19.3 Å². The summed E-state index contributed by atoms with van der Waals surface area (Å²) in [6.45, 7) is 4.36. The SMILES string of the molecule is COc1cc2c(cc1OC)C(C)(C)c1cc(O)c3ccccc3c1-2. The Kier molecular flexibility index (Phi) is 3.04. The molecule has 0 saturated heterocycles. The molecule has 3 nitrogen and oxygen atoms in total. The number of benzene rings is 3. The Hall–Kier alpha value is -2.68. The summed E-state index contributed by atoms with van der Waals surface area (Å²) in [5.41, 5.74) is 4.41. The van der Waals surface area contributed by atoms with Crippen molar-refractivity contribution in [1.82, 2.24) is 0 Å². The Morgan fingerprint density at radius 1 is 0.833 bits per heavy atom. The van der Waals surface area contributed by atoms with Crippen molar-refractivity contribution < 1.29 is 14.6 Å². The van der Waals surface area contributed by atoms with E-state index in [2.05, 4.69) is 26.0 Å². The molecule has 0 atom stereocenters. The van der Waals surface area contributed by atoms with Crippen LogP contribution >= 0.6 is 0 Å². The number of hydrogen-bond donors (Lipinski definition) is 1. The summed E-state index contributed by atoms with van der Waals surface area (Å²) in [4.78, 5) is 0. The molecule has 0 saturated carbocycles. The standard InChI is InChI=1S/C21H20O3/c1-21(2)15-11-19(24-4)18(23-3)9-14(15)20-13-8-6-5-7-12(13)17(22)10-16(20)21/h5-11,22H,1-4H3. The fourth-order valence-electron chi connectivity index (χ4n) is 3.89. The van der Waals surface area contributed by atoms with E-state index in [0.29, 0.717) is 5.75 Å². The monoisotopic (exact) mass is 320 g/mol. The van der Waals surface area contributed by atoms with Gasteiger partial charge in [-0.25, -0.2) is 0 Å². The smallest absolute Gasteiger partial charge is 0.161 e. The molecule has 0 fully saturated rings. The van der Waals surface area contributed by atoms with Crippen LogP contribution in [0, 0.1) is 0 Å². The lowest BCUT2D eigenvalue weighted by Crippen LogP contribution is -2.15. The number of rotatable bonds is 2. The fourth-order valence-corrected chi connectivity index (χ4v) is 3.89. The Balaban J connectivity index is 2.16. The zero-order valence-electron chi connectivity index (χ0n) is 14.3. The molecule has 0 spiro atoms. The van der Waals surface area contributed by atoms with E-state index in [0.717, 1.165) is 33.4 Å². The highest BCUT2D eigenvalue weighted by molar-refractivity contribution is 6.05. The fraction of sp³-hybridized carbons (Fsp3) is 0.238. The summed E-state index contributed by atoms with van der Waals surface area (Å²) in [6, 6.07) is 14.0. The summed E-state index contributed by atoms with van der Waals surface area (Å²) < 4.78 is 11.0. The molecule has 0 unspecified atom stereocenters. The van der Waals surface area contributed by atoms with Gasteiger partial charge in [0.05, 0.1) is 14.2 Å². The Morgan fingerprint density at radius 3 is 2.12 bits per heavy atom. The third-order valence-electron chi connectivity index (χ3n) is 5.16. The van der Waals surface area contributed by atoms with Crippen LogP contribution in [0.25, 0.3) is 21.9 Å². The maximum absolute atomic E-state index is 10.5. The molecule has 3 aromatic carbocycles. The van der Waals surface area contributed by atoms with Crippen LogP contribution < -0.4 is 9.47 Å². The van der Waals surface area contributed by atoms with Gasteiger partial charge in [0, 0.05) is 10.8 Å². The third kappa shape index (κ3) is 1.78. The molecule has 1 aliphatic rings. The molecule has 1 N–H and O–H groups in total. The van der Waals surface area contributed by atoms with Gasteiger partial charge in [0.15, 0.2) is 11.5 Å². The quantitative estimate of drug-likeness (QED) is 0.732. The highest BCUT2D eigenvalue weighted by atomic mass is 16.5. The van der Waals surface area contributed by atoms with E-state index in [1.54, 1.807) is 14.2 Å². The van der Waals surface area contributed by atoms with E-state index in [-0.39, 0.29) is 5.41 Å². The van der Waals surface area contributed by atoms with Gasteiger partial charge in [-0.05, 0) is 45.8 Å². The van der Waals surface area contributed by atoms with Gasteiger partial charge in [0.1, 0.15) is 5.75 Å². The zero-order chi connectivity index (χ0) is 17.1. The topological polar surface area (TPSA) is 38.7 Å². The highest BCUT2D eigenvalue weighted by Gasteiger charge is 2.38. The second-order valence-electron chi connectivity index (χ2n) is 6.74. The summed E-state index contributed by atoms with van der Waals surface area (Å²) in [5.74, 6) is 1.77. The molecule has 3 aromatic rings. The molecule has 0 bridgehead atoms. The van der Waals surface area contributed by atoms with E-state index < -0.39 is 0 Å². The van der Waals surface area contributed by atoms with Gasteiger partial charge in [-0.15, -0.1) is 0 Å². The van der Waals surface area contributed by atoms with Gasteiger partial charge in [-0.3, -0.25) is 0 Å². The van der Waals surface area contributed by atoms with Gasteiger partial charge in [-0.2, -0.15) is 0 Å². The molecular formula is C21H20O3. The van der Waals surface area contributed by atoms with Gasteiger partial charge < -0.3 is 14.6 Å².